The van der Waals surface area contributed by atoms with Crippen LogP contribution in [0.1, 0.15) is 78.6 Å². The molecule has 0 radical (unpaired) electrons. The third kappa shape index (κ3) is 16.6. The predicted molar refractivity (Wildman–Crippen MR) is 151 cm³/mol. The van der Waals surface area contributed by atoms with Gasteiger partial charge >= 0.3 is 10.6 Å². The lowest BCUT2D eigenvalue weighted by atomic mass is 9.93. The minimum atomic E-state index is -3.11. The third-order valence-electron chi connectivity index (χ3n) is 6.68. The van der Waals surface area contributed by atoms with Gasteiger partial charge in [0.05, 0.1) is 30.7 Å². The van der Waals surface area contributed by atoms with Gasteiger partial charge in [0.25, 0.3) is 6.47 Å². The first-order valence-electron chi connectivity index (χ1n) is 13.9. The zero-order chi connectivity index (χ0) is 33.1. The molecule has 3 amide bonds. The number of ether oxygens (including phenoxy) is 1. The van der Waals surface area contributed by atoms with Crippen molar-refractivity contribution in [2.75, 3.05) is 13.1 Å². The average Bonchev–Trinajstić information content (AvgIpc) is 3.39. The highest BCUT2D eigenvalue weighted by Gasteiger charge is 2.37. The van der Waals surface area contributed by atoms with E-state index in [0.29, 0.717) is 50.8 Å². The van der Waals surface area contributed by atoms with E-state index >= 15 is 0 Å². The van der Waals surface area contributed by atoms with Gasteiger partial charge in [0.1, 0.15) is 0 Å². The Kier molecular flexibility index (Phi) is 19.4. The zero-order valence-corrected chi connectivity index (χ0v) is 25.5. The maximum Gasteiger partial charge on any atom is 0.425 e. The highest BCUT2D eigenvalue weighted by atomic mass is 32.2. The molecule has 1 saturated heterocycles. The molecule has 1 fully saturated rings. The summed E-state index contributed by atoms with van der Waals surface area (Å²) in [5.74, 6) is -3.43. The number of hydrogen-bond donors (Lipinski definition) is 5. The van der Waals surface area contributed by atoms with Crippen molar-refractivity contribution < 1.29 is 51.2 Å². The summed E-state index contributed by atoms with van der Waals surface area (Å²) in [5, 5.41) is 22.7. The molecule has 6 N–H and O–H groups in total. The van der Waals surface area contributed by atoms with Crippen molar-refractivity contribution >= 4 is 52.1 Å². The van der Waals surface area contributed by atoms with Crippen molar-refractivity contribution in [3.8, 4) is 0 Å². The smallest absolute Gasteiger partial charge is 0.425 e. The van der Waals surface area contributed by atoms with Crippen LogP contribution in [0.4, 0.5) is 0 Å². The van der Waals surface area contributed by atoms with Crippen LogP contribution in [0.25, 0.3) is 0 Å². The van der Waals surface area contributed by atoms with E-state index in [0.717, 1.165) is 0 Å². The topological polar surface area (TPSA) is 260 Å². The summed E-state index contributed by atoms with van der Waals surface area (Å²) in [6.45, 7) is 4.86. The van der Waals surface area contributed by atoms with E-state index in [4.69, 9.17) is 28.5 Å². The molecule has 0 aromatic rings. The van der Waals surface area contributed by atoms with Crippen molar-refractivity contribution in [2.45, 2.75) is 103 Å². The fourth-order valence-corrected chi connectivity index (χ4v) is 4.38. The highest BCUT2D eigenvalue weighted by molar-refractivity contribution is 7.59. The van der Waals surface area contributed by atoms with Crippen molar-refractivity contribution in [3.05, 3.63) is 0 Å². The molecule has 244 valence electrons. The van der Waals surface area contributed by atoms with Crippen LogP contribution in [0.15, 0.2) is 0 Å². The third-order valence-corrected chi connectivity index (χ3v) is 6.68. The number of aliphatic hydroxyl groups is 1. The van der Waals surface area contributed by atoms with E-state index in [-0.39, 0.29) is 38.1 Å². The molecule has 16 nitrogen and oxygen atoms in total. The molecule has 0 aliphatic carbocycles. The summed E-state index contributed by atoms with van der Waals surface area (Å²) >= 11 is 0. The normalized spacial score (nSPS) is 16.8. The summed E-state index contributed by atoms with van der Waals surface area (Å²) in [7, 11) is -3.11. The van der Waals surface area contributed by atoms with Gasteiger partial charge in [0.2, 0.25) is 17.7 Å². The Morgan fingerprint density at radius 1 is 1.05 bits per heavy atom. The van der Waals surface area contributed by atoms with Crippen LogP contribution in [0.2, 0.25) is 0 Å². The van der Waals surface area contributed by atoms with Crippen LogP contribution in [0, 0.1) is 11.3 Å². The summed E-state index contributed by atoms with van der Waals surface area (Å²) < 4.78 is 30.3. The van der Waals surface area contributed by atoms with E-state index in [2.05, 4.69) is 10.6 Å². The summed E-state index contributed by atoms with van der Waals surface area (Å²) in [4.78, 5) is 74.7. The van der Waals surface area contributed by atoms with Crippen LogP contribution in [0.5, 0.6) is 0 Å². The molecule has 0 bridgehead atoms. The number of carbonyl (C=O) groups is 6. The number of nitrogens with zero attached hydrogens (tertiary/aromatic N) is 1. The molecule has 0 spiro atoms. The van der Waals surface area contributed by atoms with Gasteiger partial charge in [-0.15, -0.1) is 12.6 Å². The van der Waals surface area contributed by atoms with Gasteiger partial charge in [-0.05, 0) is 46.5 Å². The molecule has 1 aliphatic rings. The Morgan fingerprint density at radius 2 is 1.67 bits per heavy atom. The number of nitrogens with one attached hydrogen (secondary N) is 3. The Bertz CT molecular complexity index is 1090. The van der Waals surface area contributed by atoms with Crippen LogP contribution in [-0.4, -0.2) is 102 Å². The Labute approximate surface area is 252 Å². The molecule has 1 rings (SSSR count). The van der Waals surface area contributed by atoms with Crippen molar-refractivity contribution in [3.63, 3.8) is 0 Å². The van der Waals surface area contributed by atoms with Crippen LogP contribution in [0.3, 0.4) is 0 Å². The number of unbranched alkanes of at least 4 members (excludes halogenated alkanes) is 1. The molecule has 1 heterocycles. The van der Waals surface area contributed by atoms with Gasteiger partial charge in [-0.1, -0.05) is 6.42 Å². The van der Waals surface area contributed by atoms with Crippen LogP contribution in [-0.2, 0) is 44.1 Å². The number of amides is 3. The lowest BCUT2D eigenvalue weighted by molar-refractivity contribution is -0.156. The Morgan fingerprint density at radius 3 is 2.21 bits per heavy atom. The van der Waals surface area contributed by atoms with E-state index in [1.807, 2.05) is 0 Å². The molecule has 0 aromatic heterocycles. The molecule has 0 saturated carbocycles. The second-order valence-corrected chi connectivity index (χ2v) is 10.6. The Balaban J connectivity index is 0.00000413. The number of carbonyl (C=O) groups excluding carboxylic acids is 6. The molecule has 0 aromatic carbocycles. The second kappa shape index (κ2) is 21.2. The second-order valence-electron chi connectivity index (χ2n) is 10.2. The lowest BCUT2D eigenvalue weighted by Gasteiger charge is -2.29. The molecule has 1 aliphatic heterocycles. The van der Waals surface area contributed by atoms with E-state index in [1.165, 1.54) is 18.7 Å². The van der Waals surface area contributed by atoms with Gasteiger partial charge in [-0.3, -0.25) is 28.8 Å². The summed E-state index contributed by atoms with van der Waals surface area (Å²) in [5.41, 5.74) is 5.87. The number of rotatable bonds is 19. The molecule has 43 heavy (non-hydrogen) atoms. The molecular weight excluding hydrogens is 590 g/mol. The minimum Gasteiger partial charge on any atom is -0.444 e. The minimum absolute atomic E-state index is 0.159. The first-order chi connectivity index (χ1) is 20.1. The standard InChI is InChI=1S/C26H43N5O8.O3S/c1-16(28)7-4-5-8-20(30-24(37)14-27)21(34)10-11-23(36)29-17(2)22(35)13-19(18(3)33)26(38)31-12-6-9-25(31)39-15-32;1-4(2)3/h15,17-20,25,28,33H,4-14,27H2,1-3H3,(H,29,36)(H,30,37);. The highest BCUT2D eigenvalue weighted by Crippen LogP contribution is 2.23. The number of nitrogens with two attached hydrogens (primary N) is 1. The van der Waals surface area contributed by atoms with Gasteiger partial charge in [-0.2, -0.15) is 0 Å². The van der Waals surface area contributed by atoms with E-state index < -0.39 is 64.4 Å². The fourth-order valence-electron chi connectivity index (χ4n) is 4.38. The maximum atomic E-state index is 13.0. The van der Waals surface area contributed by atoms with Crippen molar-refractivity contribution in [2.24, 2.45) is 11.7 Å². The van der Waals surface area contributed by atoms with E-state index in [9.17, 15) is 33.9 Å². The monoisotopic (exact) mass is 633 g/mol. The number of ketones is 2. The summed E-state index contributed by atoms with van der Waals surface area (Å²) in [6.07, 6.45) is 0.758. The van der Waals surface area contributed by atoms with Crippen LogP contribution < -0.4 is 16.4 Å². The van der Waals surface area contributed by atoms with E-state index in [1.54, 1.807) is 6.92 Å². The molecule has 5 unspecified atom stereocenters. The van der Waals surface area contributed by atoms with Gasteiger partial charge in [0, 0.05) is 37.9 Å². The largest absolute Gasteiger partial charge is 0.444 e. The van der Waals surface area contributed by atoms with Crippen LogP contribution >= 0.6 is 0 Å². The zero-order valence-electron chi connectivity index (χ0n) is 24.7. The number of likely N-dealkylation sites (tertiary alicyclic amines) is 1. The quantitative estimate of drug-likeness (QED) is 0.0649. The Hall–Kier alpha value is -3.57. The first kappa shape index (κ1) is 39.4. The lowest BCUT2D eigenvalue weighted by Crippen LogP contribution is -2.46. The maximum absolute atomic E-state index is 13.0. The average molecular weight is 634 g/mol. The SMILES string of the molecule is CC(=N)CCCCC(NC(=O)CN)C(=O)CCC(=O)NC(C)C(=O)CC(C(=O)N1CCCC1OC=O)C(C)O.O=S(=O)=O. The first-order valence-corrected chi connectivity index (χ1v) is 14.9. The van der Waals surface area contributed by atoms with Crippen molar-refractivity contribution in [1.82, 2.24) is 15.5 Å². The molecule has 5 atom stereocenters. The predicted octanol–water partition coefficient (Wildman–Crippen LogP) is -1.04. The van der Waals surface area contributed by atoms with Gasteiger partial charge < -0.3 is 36.5 Å². The number of hydrogen-bond acceptors (Lipinski definition) is 13. The summed E-state index contributed by atoms with van der Waals surface area (Å²) in [6, 6.07) is -1.77. The van der Waals surface area contributed by atoms with Gasteiger partial charge in [0.15, 0.2) is 17.8 Å². The number of aliphatic hydroxyl groups excluding tert-OH is 1. The fraction of sp³-hybridized carbons (Fsp3) is 0.731. The molecule has 17 heteroatoms. The number of Topliss-reactive ketones (excluding diaryl/α,β-unsaturated/α-hetero) is 2. The molecular formula is C26H43N5O11S. The van der Waals surface area contributed by atoms with Crippen molar-refractivity contribution in [1.29, 1.82) is 5.41 Å². The van der Waals surface area contributed by atoms with Gasteiger partial charge in [-0.25, -0.2) is 0 Å².